The van der Waals surface area contributed by atoms with Crippen LogP contribution in [0.4, 0.5) is 0 Å². The average molecular weight is 259 g/mol. The van der Waals surface area contributed by atoms with Crippen LogP contribution in [-0.2, 0) is 6.54 Å². The van der Waals surface area contributed by atoms with Crippen LogP contribution in [0.3, 0.4) is 0 Å². The van der Waals surface area contributed by atoms with E-state index in [0.717, 1.165) is 30.3 Å². The van der Waals surface area contributed by atoms with Gasteiger partial charge in [0, 0.05) is 19.3 Å². The monoisotopic (exact) mass is 259 g/mol. The molecule has 0 aliphatic heterocycles. The van der Waals surface area contributed by atoms with Gasteiger partial charge in [-0.05, 0) is 37.7 Å². The van der Waals surface area contributed by atoms with E-state index in [4.69, 9.17) is 10.2 Å². The second-order valence-electron chi connectivity index (χ2n) is 4.58. The van der Waals surface area contributed by atoms with E-state index in [1.165, 1.54) is 0 Å². The first-order chi connectivity index (χ1) is 9.24. The largest absolute Gasteiger partial charge is 0.465 e. The van der Waals surface area contributed by atoms with Gasteiger partial charge in [-0.1, -0.05) is 13.0 Å². The third kappa shape index (κ3) is 3.43. The Balaban J connectivity index is 2.15. The molecule has 0 fully saturated rings. The summed E-state index contributed by atoms with van der Waals surface area (Å²) in [6.45, 7) is 6.29. The molecular weight excluding hydrogens is 238 g/mol. The number of likely N-dealkylation sites (N-methyl/N-ethyl adjacent to an activating group) is 1. The Morgan fingerprint density at radius 3 is 2.68 bits per heavy atom. The summed E-state index contributed by atoms with van der Waals surface area (Å²) in [6.07, 6.45) is 1.82. The summed E-state index contributed by atoms with van der Waals surface area (Å²) in [4.78, 5) is 6.65. The molecule has 0 saturated carbocycles. The van der Waals surface area contributed by atoms with Crippen LogP contribution in [-0.4, -0.2) is 23.0 Å². The summed E-state index contributed by atoms with van der Waals surface area (Å²) in [5.41, 5.74) is 6.97. The van der Waals surface area contributed by atoms with Gasteiger partial charge in [0.2, 0.25) is 0 Å². The SMILES string of the molecule is CCN(Cc1ccccn1)C(CN)c1ccc(C)o1. The number of nitrogens with zero attached hydrogens (tertiary/aromatic N) is 2. The molecular formula is C15H21N3O. The summed E-state index contributed by atoms with van der Waals surface area (Å²) in [6, 6.07) is 10.0. The van der Waals surface area contributed by atoms with E-state index in [0.29, 0.717) is 6.54 Å². The minimum absolute atomic E-state index is 0.0979. The Morgan fingerprint density at radius 2 is 2.16 bits per heavy atom. The fourth-order valence-corrected chi connectivity index (χ4v) is 2.22. The number of aryl methyl sites for hydroxylation is 1. The van der Waals surface area contributed by atoms with Crippen molar-refractivity contribution in [3.8, 4) is 0 Å². The molecule has 0 saturated heterocycles. The van der Waals surface area contributed by atoms with E-state index >= 15 is 0 Å². The van der Waals surface area contributed by atoms with E-state index in [9.17, 15) is 0 Å². The van der Waals surface area contributed by atoms with Gasteiger partial charge >= 0.3 is 0 Å². The number of rotatable bonds is 6. The van der Waals surface area contributed by atoms with Gasteiger partial charge in [-0.25, -0.2) is 0 Å². The van der Waals surface area contributed by atoms with Crippen molar-refractivity contribution in [2.24, 2.45) is 5.73 Å². The first-order valence-electron chi connectivity index (χ1n) is 6.65. The summed E-state index contributed by atoms with van der Waals surface area (Å²) in [5.74, 6) is 1.85. The molecule has 4 heteroatoms. The fraction of sp³-hybridized carbons (Fsp3) is 0.400. The van der Waals surface area contributed by atoms with Gasteiger partial charge in [-0.2, -0.15) is 0 Å². The molecule has 0 spiro atoms. The standard InChI is InChI=1S/C15H21N3O/c1-3-18(11-13-6-4-5-9-17-13)14(10-16)15-8-7-12(2)19-15/h4-9,14H,3,10-11,16H2,1-2H3. The molecule has 2 N–H and O–H groups in total. The van der Waals surface area contributed by atoms with Crippen LogP contribution in [0.2, 0.25) is 0 Å². The van der Waals surface area contributed by atoms with Crippen molar-refractivity contribution in [3.05, 3.63) is 53.7 Å². The highest BCUT2D eigenvalue weighted by molar-refractivity contribution is 5.11. The number of nitrogens with two attached hydrogens (primary N) is 1. The van der Waals surface area contributed by atoms with Gasteiger partial charge < -0.3 is 10.2 Å². The number of pyridine rings is 1. The maximum atomic E-state index is 5.92. The maximum Gasteiger partial charge on any atom is 0.122 e. The molecule has 0 aliphatic rings. The second kappa shape index (κ2) is 6.50. The van der Waals surface area contributed by atoms with Crippen molar-refractivity contribution < 1.29 is 4.42 Å². The van der Waals surface area contributed by atoms with Crippen LogP contribution < -0.4 is 5.73 Å². The Bertz CT molecular complexity index is 495. The molecule has 2 aromatic heterocycles. The molecule has 102 valence electrons. The molecule has 0 amide bonds. The Morgan fingerprint density at radius 1 is 1.32 bits per heavy atom. The molecule has 0 bridgehead atoms. The normalized spacial score (nSPS) is 12.8. The first-order valence-corrected chi connectivity index (χ1v) is 6.65. The van der Waals surface area contributed by atoms with Crippen LogP contribution in [0.25, 0.3) is 0 Å². The van der Waals surface area contributed by atoms with Gasteiger partial charge in [0.05, 0.1) is 11.7 Å². The number of furan rings is 1. The van der Waals surface area contributed by atoms with Crippen LogP contribution in [0.1, 0.15) is 30.2 Å². The lowest BCUT2D eigenvalue weighted by molar-refractivity contribution is 0.177. The zero-order chi connectivity index (χ0) is 13.7. The van der Waals surface area contributed by atoms with Gasteiger partial charge in [-0.15, -0.1) is 0 Å². The molecule has 2 heterocycles. The van der Waals surface area contributed by atoms with Crippen molar-refractivity contribution in [1.82, 2.24) is 9.88 Å². The summed E-state index contributed by atoms with van der Waals surface area (Å²) < 4.78 is 5.71. The quantitative estimate of drug-likeness (QED) is 0.866. The Hall–Kier alpha value is -1.65. The first kappa shape index (κ1) is 13.8. The van der Waals surface area contributed by atoms with Crippen LogP contribution in [0, 0.1) is 6.92 Å². The molecule has 2 aromatic rings. The summed E-state index contributed by atoms with van der Waals surface area (Å²) in [5, 5.41) is 0. The fourth-order valence-electron chi connectivity index (χ4n) is 2.22. The van der Waals surface area contributed by atoms with Crippen molar-refractivity contribution in [2.45, 2.75) is 26.4 Å². The molecule has 0 radical (unpaired) electrons. The molecule has 1 unspecified atom stereocenters. The van der Waals surface area contributed by atoms with E-state index in [-0.39, 0.29) is 6.04 Å². The van der Waals surface area contributed by atoms with Gasteiger partial charge in [-0.3, -0.25) is 9.88 Å². The van der Waals surface area contributed by atoms with E-state index in [1.807, 2.05) is 43.5 Å². The highest BCUT2D eigenvalue weighted by atomic mass is 16.3. The minimum Gasteiger partial charge on any atom is -0.465 e. The third-order valence-corrected chi connectivity index (χ3v) is 3.25. The predicted molar refractivity (Wildman–Crippen MR) is 75.6 cm³/mol. The van der Waals surface area contributed by atoms with E-state index in [1.54, 1.807) is 0 Å². The predicted octanol–water partition coefficient (Wildman–Crippen LogP) is 2.50. The minimum atomic E-state index is 0.0979. The molecule has 0 aliphatic carbocycles. The zero-order valence-electron chi connectivity index (χ0n) is 11.5. The molecule has 1 atom stereocenters. The van der Waals surface area contributed by atoms with Gasteiger partial charge in [0.1, 0.15) is 11.5 Å². The molecule has 0 aromatic carbocycles. The lowest BCUT2D eigenvalue weighted by Crippen LogP contribution is -2.33. The van der Waals surface area contributed by atoms with Gasteiger partial charge in [0.15, 0.2) is 0 Å². The molecule has 19 heavy (non-hydrogen) atoms. The molecule has 4 nitrogen and oxygen atoms in total. The summed E-state index contributed by atoms with van der Waals surface area (Å²) >= 11 is 0. The number of aromatic nitrogens is 1. The topological polar surface area (TPSA) is 55.3 Å². The maximum absolute atomic E-state index is 5.92. The Kier molecular flexibility index (Phi) is 4.71. The van der Waals surface area contributed by atoms with Crippen LogP contribution in [0.15, 0.2) is 40.9 Å². The van der Waals surface area contributed by atoms with Crippen molar-refractivity contribution >= 4 is 0 Å². The van der Waals surface area contributed by atoms with Crippen molar-refractivity contribution in [1.29, 1.82) is 0 Å². The van der Waals surface area contributed by atoms with Crippen LogP contribution in [0.5, 0.6) is 0 Å². The third-order valence-electron chi connectivity index (χ3n) is 3.25. The van der Waals surface area contributed by atoms with Crippen LogP contribution >= 0.6 is 0 Å². The second-order valence-corrected chi connectivity index (χ2v) is 4.58. The zero-order valence-corrected chi connectivity index (χ0v) is 11.5. The van der Waals surface area contributed by atoms with Crippen molar-refractivity contribution in [3.63, 3.8) is 0 Å². The average Bonchev–Trinajstić information content (AvgIpc) is 2.86. The van der Waals surface area contributed by atoms with E-state index in [2.05, 4.69) is 16.8 Å². The highest BCUT2D eigenvalue weighted by Crippen LogP contribution is 2.23. The van der Waals surface area contributed by atoms with Gasteiger partial charge in [0.25, 0.3) is 0 Å². The summed E-state index contributed by atoms with van der Waals surface area (Å²) in [7, 11) is 0. The van der Waals surface area contributed by atoms with Crippen molar-refractivity contribution in [2.75, 3.05) is 13.1 Å². The lowest BCUT2D eigenvalue weighted by atomic mass is 10.1. The van der Waals surface area contributed by atoms with E-state index < -0.39 is 0 Å². The number of hydrogen-bond acceptors (Lipinski definition) is 4. The highest BCUT2D eigenvalue weighted by Gasteiger charge is 2.21. The number of hydrogen-bond donors (Lipinski definition) is 1. The molecule has 2 rings (SSSR count). The lowest BCUT2D eigenvalue weighted by Gasteiger charge is -2.27. The Labute approximate surface area is 114 Å². The smallest absolute Gasteiger partial charge is 0.122 e.